The third kappa shape index (κ3) is 5.15. The Kier molecular flexibility index (Phi) is 7.61. The lowest BCUT2D eigenvalue weighted by Crippen LogP contribution is -2.35. The zero-order valence-electron chi connectivity index (χ0n) is 17.6. The summed E-state index contributed by atoms with van der Waals surface area (Å²) in [7, 11) is 0. The minimum absolute atomic E-state index is 0. The fourth-order valence-corrected chi connectivity index (χ4v) is 4.19. The molecule has 0 bridgehead atoms. The van der Waals surface area contributed by atoms with E-state index in [0.29, 0.717) is 6.54 Å². The van der Waals surface area contributed by atoms with Gasteiger partial charge in [-0.3, -0.25) is 10.2 Å². The normalized spacial score (nSPS) is 15.0. The number of nitrogens with one attached hydrogen (secondary N) is 1. The van der Waals surface area contributed by atoms with E-state index in [4.69, 9.17) is 5.41 Å². The van der Waals surface area contributed by atoms with Crippen LogP contribution in [0.1, 0.15) is 35.2 Å². The predicted octanol–water partition coefficient (Wildman–Crippen LogP) is 4.89. The van der Waals surface area contributed by atoms with Gasteiger partial charge in [0.2, 0.25) is 5.62 Å². The topological polar surface area (TPSA) is 54.0 Å². The lowest BCUT2D eigenvalue weighted by Gasteiger charge is -2.26. The Morgan fingerprint density at radius 3 is 2.06 bits per heavy atom. The summed E-state index contributed by atoms with van der Waals surface area (Å²) < 4.78 is 41.9. The summed E-state index contributed by atoms with van der Waals surface area (Å²) >= 11 is 0. The molecule has 172 valence electrons. The number of likely N-dealkylation sites (tertiary alicyclic amines) is 1. The van der Waals surface area contributed by atoms with E-state index in [2.05, 4.69) is 4.90 Å². The molecule has 3 aromatic rings. The SMILES string of the molecule is Br.N=c1n(CCN2CCCCC2)c2ccccc2n1CC(=O)c1ccc(C(F)(F)F)cc1. The van der Waals surface area contributed by atoms with Crippen molar-refractivity contribution < 1.29 is 18.0 Å². The zero-order chi connectivity index (χ0) is 22.0. The minimum Gasteiger partial charge on any atom is -0.309 e. The van der Waals surface area contributed by atoms with Crippen molar-refractivity contribution in [3.05, 3.63) is 65.3 Å². The Morgan fingerprint density at radius 1 is 0.875 bits per heavy atom. The van der Waals surface area contributed by atoms with Crippen molar-refractivity contribution in [1.82, 2.24) is 14.0 Å². The number of fused-ring (bicyclic) bond motifs is 1. The van der Waals surface area contributed by atoms with Gasteiger partial charge in [-0.1, -0.05) is 30.7 Å². The first-order valence-corrected chi connectivity index (χ1v) is 10.5. The summed E-state index contributed by atoms with van der Waals surface area (Å²) in [5.74, 6) is -0.328. The summed E-state index contributed by atoms with van der Waals surface area (Å²) in [5.41, 5.74) is 1.28. The van der Waals surface area contributed by atoms with E-state index >= 15 is 0 Å². The van der Waals surface area contributed by atoms with Gasteiger partial charge < -0.3 is 14.0 Å². The molecule has 1 fully saturated rings. The van der Waals surface area contributed by atoms with Crippen LogP contribution < -0.4 is 5.62 Å². The molecule has 1 aliphatic rings. The van der Waals surface area contributed by atoms with Crippen molar-refractivity contribution >= 4 is 33.8 Å². The van der Waals surface area contributed by atoms with Crippen molar-refractivity contribution in [3.8, 4) is 0 Å². The van der Waals surface area contributed by atoms with E-state index in [1.165, 1.54) is 31.4 Å². The number of alkyl halides is 3. The summed E-state index contributed by atoms with van der Waals surface area (Å²) in [6.07, 6.45) is -0.783. The molecule has 9 heteroatoms. The lowest BCUT2D eigenvalue weighted by atomic mass is 10.1. The van der Waals surface area contributed by atoms with Crippen molar-refractivity contribution in [2.75, 3.05) is 19.6 Å². The second-order valence-corrected chi connectivity index (χ2v) is 7.95. The van der Waals surface area contributed by atoms with E-state index in [9.17, 15) is 18.0 Å². The quantitative estimate of drug-likeness (QED) is 0.480. The number of rotatable bonds is 6. The van der Waals surface area contributed by atoms with E-state index in [1.54, 1.807) is 4.57 Å². The molecule has 1 N–H and O–H groups in total. The average Bonchev–Trinajstić information content (AvgIpc) is 3.03. The van der Waals surface area contributed by atoms with Crippen molar-refractivity contribution in [1.29, 1.82) is 5.41 Å². The molecule has 4 rings (SSSR count). The number of nitrogens with zero attached hydrogens (tertiary/aromatic N) is 3. The van der Waals surface area contributed by atoms with Crippen LogP contribution in [0.2, 0.25) is 0 Å². The third-order valence-corrected chi connectivity index (χ3v) is 5.90. The Bertz CT molecular complexity index is 1130. The van der Waals surface area contributed by atoms with Gasteiger partial charge >= 0.3 is 6.18 Å². The highest BCUT2D eigenvalue weighted by Crippen LogP contribution is 2.29. The zero-order valence-corrected chi connectivity index (χ0v) is 19.3. The number of ketones is 1. The highest BCUT2D eigenvalue weighted by atomic mass is 79.9. The van der Waals surface area contributed by atoms with E-state index in [0.717, 1.165) is 42.8 Å². The molecule has 0 saturated carbocycles. The number of aromatic nitrogens is 2. The predicted molar refractivity (Wildman–Crippen MR) is 122 cm³/mol. The van der Waals surface area contributed by atoms with Crippen LogP contribution in [0.15, 0.2) is 48.5 Å². The number of Topliss-reactive ketones (excluding diaryl/α,β-unsaturated/α-hetero) is 1. The maximum absolute atomic E-state index is 12.8. The van der Waals surface area contributed by atoms with Crippen LogP contribution >= 0.6 is 17.0 Å². The van der Waals surface area contributed by atoms with Gasteiger partial charge in [0.25, 0.3) is 0 Å². The maximum atomic E-state index is 12.8. The standard InChI is InChI=1S/C23H25F3N4O.BrH/c24-23(25,26)18-10-8-17(9-11-18)21(31)16-30-20-7-3-2-6-19(20)29(22(30)27)15-14-28-12-4-1-5-13-28;/h2-3,6-11,27H,1,4-5,12-16H2;1H. The number of halogens is 4. The summed E-state index contributed by atoms with van der Waals surface area (Å²) in [6.45, 7) is 3.54. The van der Waals surface area contributed by atoms with Crippen LogP contribution in [0.3, 0.4) is 0 Å². The van der Waals surface area contributed by atoms with Crippen LogP contribution in [-0.2, 0) is 19.3 Å². The van der Waals surface area contributed by atoms with Crippen molar-refractivity contribution in [2.24, 2.45) is 0 Å². The molecule has 0 aliphatic carbocycles. The third-order valence-electron chi connectivity index (χ3n) is 5.90. The van der Waals surface area contributed by atoms with Gasteiger partial charge in [0.15, 0.2) is 5.78 Å². The van der Waals surface area contributed by atoms with Crippen LogP contribution in [0.25, 0.3) is 11.0 Å². The highest BCUT2D eigenvalue weighted by molar-refractivity contribution is 8.93. The average molecular weight is 511 g/mol. The number of para-hydroxylation sites is 2. The Balaban J connectivity index is 0.00000289. The smallest absolute Gasteiger partial charge is 0.309 e. The van der Waals surface area contributed by atoms with Crippen molar-refractivity contribution in [3.63, 3.8) is 0 Å². The molecule has 0 unspecified atom stereocenters. The number of piperidine rings is 1. The van der Waals surface area contributed by atoms with E-state index in [1.807, 2.05) is 28.8 Å². The molecule has 1 aliphatic heterocycles. The van der Waals surface area contributed by atoms with Crippen molar-refractivity contribution in [2.45, 2.75) is 38.5 Å². The number of hydrogen-bond acceptors (Lipinski definition) is 3. The molecule has 0 radical (unpaired) electrons. The molecule has 5 nitrogen and oxygen atoms in total. The van der Waals surface area contributed by atoms with Gasteiger partial charge in [0, 0.05) is 18.7 Å². The first kappa shape index (κ1) is 24.3. The number of hydrogen-bond donors (Lipinski definition) is 1. The Morgan fingerprint density at radius 2 is 1.47 bits per heavy atom. The maximum Gasteiger partial charge on any atom is 0.416 e. The van der Waals surface area contributed by atoms with Gasteiger partial charge in [0.05, 0.1) is 23.1 Å². The van der Waals surface area contributed by atoms with Gasteiger partial charge in [0.1, 0.15) is 0 Å². The first-order chi connectivity index (χ1) is 14.8. The van der Waals surface area contributed by atoms with Crippen LogP contribution in [-0.4, -0.2) is 39.5 Å². The highest BCUT2D eigenvalue weighted by Gasteiger charge is 2.30. The van der Waals surface area contributed by atoms with E-state index < -0.39 is 11.7 Å². The molecule has 1 aromatic heterocycles. The van der Waals surface area contributed by atoms with Gasteiger partial charge in [-0.25, -0.2) is 0 Å². The van der Waals surface area contributed by atoms with Gasteiger partial charge in [-0.05, 0) is 50.2 Å². The number of carbonyl (C=O) groups excluding carboxylic acids is 1. The first-order valence-electron chi connectivity index (χ1n) is 10.5. The Labute approximate surface area is 194 Å². The van der Waals surface area contributed by atoms with Crippen LogP contribution in [0.5, 0.6) is 0 Å². The number of imidazole rings is 1. The Hall–Kier alpha value is -2.39. The lowest BCUT2D eigenvalue weighted by molar-refractivity contribution is -0.137. The molecule has 0 amide bonds. The molecule has 32 heavy (non-hydrogen) atoms. The monoisotopic (exact) mass is 510 g/mol. The fourth-order valence-electron chi connectivity index (χ4n) is 4.19. The van der Waals surface area contributed by atoms with Crippen LogP contribution in [0, 0.1) is 5.41 Å². The molecule has 2 heterocycles. The van der Waals surface area contributed by atoms with E-state index in [-0.39, 0.29) is 40.5 Å². The molecule has 2 aromatic carbocycles. The summed E-state index contributed by atoms with van der Waals surface area (Å²) in [5, 5.41) is 8.67. The van der Waals surface area contributed by atoms with Gasteiger partial charge in [-0.15, -0.1) is 17.0 Å². The minimum atomic E-state index is -4.44. The molecular formula is C23H26BrF3N4O. The summed E-state index contributed by atoms with van der Waals surface area (Å²) in [4.78, 5) is 15.2. The summed E-state index contributed by atoms with van der Waals surface area (Å²) in [6, 6.07) is 11.8. The van der Waals surface area contributed by atoms with Crippen LogP contribution in [0.4, 0.5) is 13.2 Å². The fraction of sp³-hybridized carbons (Fsp3) is 0.391. The second-order valence-electron chi connectivity index (χ2n) is 7.95. The molecule has 0 spiro atoms. The number of benzene rings is 2. The number of carbonyl (C=O) groups is 1. The molecule has 0 atom stereocenters. The molecule has 1 saturated heterocycles. The van der Waals surface area contributed by atoms with Gasteiger partial charge in [-0.2, -0.15) is 13.2 Å². The largest absolute Gasteiger partial charge is 0.416 e. The second kappa shape index (κ2) is 10.0. The molecular weight excluding hydrogens is 485 g/mol.